The van der Waals surface area contributed by atoms with E-state index in [2.05, 4.69) is 40.5 Å². The fraction of sp³-hybridized carbons (Fsp3) is 0.556. The zero-order chi connectivity index (χ0) is 32.9. The molecule has 1 aliphatic carbocycles. The topological polar surface area (TPSA) is 175 Å². The van der Waals surface area contributed by atoms with Gasteiger partial charge in [0.05, 0.1) is 24.1 Å². The van der Waals surface area contributed by atoms with Crippen LogP contribution in [0.5, 0.6) is 0 Å². The van der Waals surface area contributed by atoms with E-state index in [1.807, 2.05) is 5.32 Å². The number of halogens is 5. The SMILES string of the molecule is COCc1noc([C@]2(Cc3cnn4cc([C@@H](NC(=O)c5nonc5C)C5CCC(F)(F)CC5)nc4c3)C[C@@H](C(F)(F)F)NC2=O)n1. The standard InChI is InChI=1S/C27H28F5N9O5/c1-13-20(40-46-38-13)22(42)37-21(15-3-5-26(28,29)6-4-15)16-11-41-19(34-16)7-14(10-33-41)8-25(24-36-18(12-44-2)39-45-24)9-17(27(30,31)32)35-23(25)43/h7,10-11,15,17,21H,3-6,8-9,12H2,1-2H3,(H,35,43)(H,37,42)/t17-,21-,25+/m0/s1. The van der Waals surface area contributed by atoms with Crippen LogP contribution in [0.15, 0.2) is 27.6 Å². The van der Waals surface area contributed by atoms with Crippen molar-refractivity contribution in [2.24, 2.45) is 5.92 Å². The Bertz CT molecular complexity index is 1740. The molecule has 3 atom stereocenters. The average molecular weight is 654 g/mol. The van der Waals surface area contributed by atoms with E-state index in [9.17, 15) is 31.5 Å². The smallest absolute Gasteiger partial charge is 0.377 e. The van der Waals surface area contributed by atoms with Crippen LogP contribution in [0.4, 0.5) is 22.0 Å². The summed E-state index contributed by atoms with van der Waals surface area (Å²) in [5, 5.41) is 20.1. The predicted octanol–water partition coefficient (Wildman–Crippen LogP) is 3.18. The summed E-state index contributed by atoms with van der Waals surface area (Å²) in [6, 6.07) is -1.44. The number of aryl methyl sites for hydroxylation is 1. The number of imidazole rings is 1. The minimum atomic E-state index is -4.73. The maximum Gasteiger partial charge on any atom is 0.408 e. The van der Waals surface area contributed by atoms with Crippen LogP contribution in [0.25, 0.3) is 5.65 Å². The molecule has 1 aliphatic heterocycles. The number of hydrogen-bond acceptors (Lipinski definition) is 11. The van der Waals surface area contributed by atoms with E-state index in [-0.39, 0.29) is 67.5 Å². The molecule has 1 saturated carbocycles. The summed E-state index contributed by atoms with van der Waals surface area (Å²) >= 11 is 0. The number of nitrogens with zero attached hydrogens (tertiary/aromatic N) is 7. The molecule has 19 heteroatoms. The van der Waals surface area contributed by atoms with Crippen molar-refractivity contribution >= 4 is 17.5 Å². The van der Waals surface area contributed by atoms with Gasteiger partial charge in [-0.05, 0) is 48.9 Å². The largest absolute Gasteiger partial charge is 0.408 e. The lowest BCUT2D eigenvalue weighted by atomic mass is 9.79. The maximum atomic E-state index is 14.0. The molecule has 246 valence electrons. The van der Waals surface area contributed by atoms with Crippen LogP contribution in [-0.4, -0.2) is 72.1 Å². The molecule has 2 aliphatic rings. The lowest BCUT2D eigenvalue weighted by molar-refractivity contribution is -0.155. The zero-order valence-corrected chi connectivity index (χ0v) is 24.5. The lowest BCUT2D eigenvalue weighted by Gasteiger charge is -2.33. The Morgan fingerprint density at radius 1 is 1.22 bits per heavy atom. The van der Waals surface area contributed by atoms with E-state index >= 15 is 0 Å². The van der Waals surface area contributed by atoms with Crippen LogP contribution in [-0.2, 0) is 28.0 Å². The molecule has 4 aromatic rings. The van der Waals surface area contributed by atoms with Gasteiger partial charge in [-0.2, -0.15) is 23.3 Å². The molecule has 2 N–H and O–H groups in total. The number of hydrogen-bond donors (Lipinski definition) is 2. The molecule has 6 rings (SSSR count). The van der Waals surface area contributed by atoms with Gasteiger partial charge in [0.2, 0.25) is 17.7 Å². The minimum absolute atomic E-state index is 0.0526. The molecule has 0 radical (unpaired) electrons. The third-order valence-electron chi connectivity index (χ3n) is 8.45. The molecule has 5 heterocycles. The van der Waals surface area contributed by atoms with Gasteiger partial charge in [0.25, 0.3) is 5.91 Å². The number of alkyl halides is 5. The Kier molecular flexibility index (Phi) is 7.97. The van der Waals surface area contributed by atoms with E-state index in [0.29, 0.717) is 11.3 Å². The van der Waals surface area contributed by atoms with Crippen molar-refractivity contribution in [3.05, 3.63) is 52.8 Å². The molecule has 0 aromatic carbocycles. The summed E-state index contributed by atoms with van der Waals surface area (Å²) < 4.78 is 85.5. The normalized spacial score (nSPS) is 22.7. The fourth-order valence-corrected chi connectivity index (χ4v) is 6.04. The first-order valence-corrected chi connectivity index (χ1v) is 14.3. The van der Waals surface area contributed by atoms with Crippen LogP contribution in [0.3, 0.4) is 0 Å². The molecule has 0 unspecified atom stereocenters. The van der Waals surface area contributed by atoms with Crippen LogP contribution < -0.4 is 10.6 Å². The van der Waals surface area contributed by atoms with E-state index in [1.54, 1.807) is 0 Å². The van der Waals surface area contributed by atoms with Gasteiger partial charge >= 0.3 is 6.18 Å². The van der Waals surface area contributed by atoms with E-state index in [1.165, 1.54) is 37.0 Å². The molecule has 0 bridgehead atoms. The second-order valence-corrected chi connectivity index (χ2v) is 11.7. The fourth-order valence-electron chi connectivity index (χ4n) is 6.04. The number of fused-ring (bicyclic) bond motifs is 1. The Labute approximate surface area is 256 Å². The summed E-state index contributed by atoms with van der Waals surface area (Å²) in [7, 11) is 1.37. The number of carbonyl (C=O) groups excluding carboxylic acids is 2. The zero-order valence-electron chi connectivity index (χ0n) is 24.5. The number of carbonyl (C=O) groups is 2. The molecule has 1 saturated heterocycles. The van der Waals surface area contributed by atoms with Crippen molar-refractivity contribution in [3.63, 3.8) is 0 Å². The summed E-state index contributed by atoms with van der Waals surface area (Å²) in [5.41, 5.74) is -0.825. The van der Waals surface area contributed by atoms with Crippen molar-refractivity contribution in [1.82, 2.24) is 45.7 Å². The van der Waals surface area contributed by atoms with Gasteiger partial charge < -0.3 is 19.9 Å². The molecule has 4 aromatic heterocycles. The van der Waals surface area contributed by atoms with Crippen molar-refractivity contribution in [2.45, 2.75) is 81.7 Å². The van der Waals surface area contributed by atoms with E-state index in [4.69, 9.17) is 9.26 Å². The Morgan fingerprint density at radius 2 is 1.98 bits per heavy atom. The molecule has 2 fully saturated rings. The second kappa shape index (κ2) is 11.7. The highest BCUT2D eigenvalue weighted by Crippen LogP contribution is 2.43. The first-order chi connectivity index (χ1) is 21.8. The number of ether oxygens (including phenoxy) is 1. The highest BCUT2D eigenvalue weighted by Gasteiger charge is 2.59. The monoisotopic (exact) mass is 653 g/mol. The minimum Gasteiger partial charge on any atom is -0.377 e. The Morgan fingerprint density at radius 3 is 2.63 bits per heavy atom. The highest BCUT2D eigenvalue weighted by molar-refractivity contribution is 5.93. The maximum absolute atomic E-state index is 14.0. The molecule has 46 heavy (non-hydrogen) atoms. The van der Waals surface area contributed by atoms with Crippen LogP contribution >= 0.6 is 0 Å². The van der Waals surface area contributed by atoms with Crippen LogP contribution in [0.1, 0.15) is 77.3 Å². The van der Waals surface area contributed by atoms with Crippen LogP contribution in [0, 0.1) is 12.8 Å². The second-order valence-electron chi connectivity index (χ2n) is 11.7. The first kappa shape index (κ1) is 31.4. The molecule has 2 amide bonds. The lowest BCUT2D eigenvalue weighted by Crippen LogP contribution is -2.40. The van der Waals surface area contributed by atoms with E-state index in [0.717, 1.165) is 0 Å². The van der Waals surface area contributed by atoms with Gasteiger partial charge in [-0.25, -0.2) is 22.9 Å². The highest BCUT2D eigenvalue weighted by atomic mass is 19.4. The quantitative estimate of drug-likeness (QED) is 0.254. The first-order valence-electron chi connectivity index (χ1n) is 14.3. The van der Waals surface area contributed by atoms with Gasteiger partial charge in [-0.3, -0.25) is 9.59 Å². The van der Waals surface area contributed by atoms with Crippen molar-refractivity contribution in [2.75, 3.05) is 7.11 Å². The third-order valence-corrected chi connectivity index (χ3v) is 8.45. The van der Waals surface area contributed by atoms with Gasteiger partial charge in [-0.1, -0.05) is 10.3 Å². The van der Waals surface area contributed by atoms with Gasteiger partial charge in [0.1, 0.15) is 23.8 Å². The summed E-state index contributed by atoms with van der Waals surface area (Å²) in [6.45, 7) is 1.44. The number of methoxy groups -OCH3 is 1. The Balaban J connectivity index is 1.33. The average Bonchev–Trinajstić information content (AvgIpc) is 3.79. The number of rotatable bonds is 9. The van der Waals surface area contributed by atoms with Crippen molar-refractivity contribution < 1.29 is 45.4 Å². The summed E-state index contributed by atoms with van der Waals surface area (Å²) in [4.78, 5) is 35.0. The van der Waals surface area contributed by atoms with Crippen LogP contribution in [0.2, 0.25) is 0 Å². The number of aromatic nitrogens is 7. The summed E-state index contributed by atoms with van der Waals surface area (Å²) in [5.74, 6) is -5.05. The molecule has 0 spiro atoms. The van der Waals surface area contributed by atoms with E-state index < -0.39 is 53.8 Å². The van der Waals surface area contributed by atoms with Gasteiger partial charge in [-0.15, -0.1) is 0 Å². The number of nitrogens with one attached hydrogen (secondary N) is 2. The van der Waals surface area contributed by atoms with Gasteiger partial charge in [0.15, 0.2) is 17.2 Å². The third kappa shape index (κ3) is 6.02. The van der Waals surface area contributed by atoms with Crippen molar-refractivity contribution in [3.8, 4) is 0 Å². The number of amides is 2. The molecular weight excluding hydrogens is 625 g/mol. The molecule has 14 nitrogen and oxygen atoms in total. The van der Waals surface area contributed by atoms with Crippen molar-refractivity contribution in [1.29, 1.82) is 0 Å². The molecular formula is C27H28F5N9O5. The Hall–Kier alpha value is -4.55. The van der Waals surface area contributed by atoms with Gasteiger partial charge in [0, 0.05) is 26.4 Å². The summed E-state index contributed by atoms with van der Waals surface area (Å²) in [6.07, 6.45) is -3.35. The predicted molar refractivity (Wildman–Crippen MR) is 142 cm³/mol.